The van der Waals surface area contributed by atoms with E-state index in [2.05, 4.69) is 10.6 Å². The van der Waals surface area contributed by atoms with Gasteiger partial charge >= 0.3 is 0 Å². The molecule has 7 heteroatoms. The predicted molar refractivity (Wildman–Crippen MR) is 82.4 cm³/mol. The molecule has 0 aromatic heterocycles. The van der Waals surface area contributed by atoms with Gasteiger partial charge in [-0.25, -0.2) is 8.78 Å². The number of anilines is 2. The molecule has 2 aromatic rings. The van der Waals surface area contributed by atoms with Gasteiger partial charge < -0.3 is 10.6 Å². The summed E-state index contributed by atoms with van der Waals surface area (Å²) in [6.45, 7) is 0. The fourth-order valence-corrected chi connectivity index (χ4v) is 2.65. The molecular weight excluding hydrogens is 326 g/mol. The van der Waals surface area contributed by atoms with Gasteiger partial charge in [0.05, 0.1) is 10.9 Å². The summed E-state index contributed by atoms with van der Waals surface area (Å²) in [4.78, 5) is 24.2. The number of amides is 2. The highest BCUT2D eigenvalue weighted by atomic mass is 35.5. The standard InChI is InChI=1S/C16H11ClF2N2O2/c17-12-6-9(2-4-13(12)19)20-16(23)11-7-15(22)21-14-5-8(18)1-3-10(11)14/h1-6,11H,7H2,(H,20,23)(H,21,22). The highest BCUT2D eigenvalue weighted by Crippen LogP contribution is 2.33. The van der Waals surface area contributed by atoms with Crippen LogP contribution in [0.5, 0.6) is 0 Å². The molecule has 2 N–H and O–H groups in total. The fraction of sp³-hybridized carbons (Fsp3) is 0.125. The lowest BCUT2D eigenvalue weighted by Gasteiger charge is -2.25. The molecule has 1 atom stereocenters. The number of benzene rings is 2. The van der Waals surface area contributed by atoms with Gasteiger partial charge in [0.15, 0.2) is 0 Å². The Morgan fingerprint density at radius 3 is 2.74 bits per heavy atom. The number of hydrogen-bond acceptors (Lipinski definition) is 2. The molecule has 23 heavy (non-hydrogen) atoms. The van der Waals surface area contributed by atoms with E-state index < -0.39 is 23.5 Å². The van der Waals surface area contributed by atoms with Crippen LogP contribution < -0.4 is 10.6 Å². The summed E-state index contributed by atoms with van der Waals surface area (Å²) in [5.41, 5.74) is 1.12. The molecule has 4 nitrogen and oxygen atoms in total. The van der Waals surface area contributed by atoms with Crippen molar-refractivity contribution in [2.45, 2.75) is 12.3 Å². The minimum Gasteiger partial charge on any atom is -0.326 e. The van der Waals surface area contributed by atoms with Gasteiger partial charge in [-0.15, -0.1) is 0 Å². The third kappa shape index (κ3) is 3.17. The minimum atomic E-state index is -0.761. The van der Waals surface area contributed by atoms with Crippen LogP contribution in [0, 0.1) is 11.6 Å². The van der Waals surface area contributed by atoms with Crippen molar-refractivity contribution in [2.24, 2.45) is 0 Å². The van der Waals surface area contributed by atoms with Crippen LogP contribution in [0.4, 0.5) is 20.2 Å². The normalized spacial score (nSPS) is 16.5. The first kappa shape index (κ1) is 15.4. The van der Waals surface area contributed by atoms with Crippen molar-refractivity contribution >= 4 is 34.8 Å². The van der Waals surface area contributed by atoms with Crippen LogP contribution in [0.1, 0.15) is 17.9 Å². The second-order valence-electron chi connectivity index (χ2n) is 5.15. The SMILES string of the molecule is O=C1CC(C(=O)Nc2ccc(F)c(Cl)c2)c2ccc(F)cc2N1. The molecule has 118 valence electrons. The molecule has 0 saturated heterocycles. The Kier molecular flexibility index (Phi) is 4.00. The number of carbonyl (C=O) groups is 2. The maximum atomic E-state index is 13.3. The molecule has 0 radical (unpaired) electrons. The van der Waals surface area contributed by atoms with E-state index in [1.54, 1.807) is 0 Å². The molecule has 2 amide bonds. The molecule has 1 heterocycles. The number of fused-ring (bicyclic) bond motifs is 1. The van der Waals surface area contributed by atoms with E-state index in [1.807, 2.05) is 0 Å². The lowest BCUT2D eigenvalue weighted by molar-refractivity contribution is -0.123. The van der Waals surface area contributed by atoms with Gasteiger partial charge in [-0.05, 0) is 35.9 Å². The Labute approximate surface area is 135 Å². The van der Waals surface area contributed by atoms with Crippen molar-refractivity contribution in [1.29, 1.82) is 0 Å². The summed E-state index contributed by atoms with van der Waals surface area (Å²) in [5.74, 6) is -2.68. The maximum absolute atomic E-state index is 13.3. The van der Waals surface area contributed by atoms with Crippen LogP contribution in [0.25, 0.3) is 0 Å². The third-order valence-electron chi connectivity index (χ3n) is 3.56. The van der Waals surface area contributed by atoms with Crippen molar-refractivity contribution in [2.75, 3.05) is 10.6 Å². The number of nitrogens with one attached hydrogen (secondary N) is 2. The van der Waals surface area contributed by atoms with Crippen LogP contribution in [0.15, 0.2) is 36.4 Å². The quantitative estimate of drug-likeness (QED) is 0.879. The molecule has 0 fully saturated rings. The molecule has 0 spiro atoms. The Morgan fingerprint density at radius 1 is 1.22 bits per heavy atom. The zero-order valence-electron chi connectivity index (χ0n) is 11.7. The van der Waals surface area contributed by atoms with E-state index in [4.69, 9.17) is 11.6 Å². The molecule has 0 aliphatic carbocycles. The molecule has 0 bridgehead atoms. The zero-order valence-corrected chi connectivity index (χ0v) is 12.5. The first-order valence-corrected chi connectivity index (χ1v) is 7.17. The topological polar surface area (TPSA) is 58.2 Å². The van der Waals surface area contributed by atoms with Gasteiger partial charge in [-0.2, -0.15) is 0 Å². The molecular formula is C16H11ClF2N2O2. The van der Waals surface area contributed by atoms with E-state index in [0.29, 0.717) is 11.3 Å². The average Bonchev–Trinajstić information content (AvgIpc) is 2.49. The third-order valence-corrected chi connectivity index (χ3v) is 3.85. The second-order valence-corrected chi connectivity index (χ2v) is 5.56. The highest BCUT2D eigenvalue weighted by molar-refractivity contribution is 6.31. The molecule has 1 aliphatic rings. The largest absolute Gasteiger partial charge is 0.326 e. The van der Waals surface area contributed by atoms with E-state index >= 15 is 0 Å². The van der Waals surface area contributed by atoms with E-state index in [0.717, 1.165) is 6.07 Å². The fourth-order valence-electron chi connectivity index (χ4n) is 2.47. The van der Waals surface area contributed by atoms with Crippen molar-refractivity contribution in [3.05, 3.63) is 58.6 Å². The van der Waals surface area contributed by atoms with Crippen molar-refractivity contribution in [1.82, 2.24) is 0 Å². The molecule has 1 unspecified atom stereocenters. The first-order valence-electron chi connectivity index (χ1n) is 6.79. The summed E-state index contributed by atoms with van der Waals surface area (Å²) in [6, 6.07) is 7.64. The zero-order chi connectivity index (χ0) is 16.6. The number of halogens is 3. The number of rotatable bonds is 2. The van der Waals surface area contributed by atoms with Crippen LogP contribution >= 0.6 is 11.6 Å². The Bertz CT molecular complexity index is 811. The van der Waals surface area contributed by atoms with Crippen molar-refractivity contribution < 1.29 is 18.4 Å². The summed E-state index contributed by atoms with van der Waals surface area (Å²) in [7, 11) is 0. The Hall–Kier alpha value is -2.47. The lowest BCUT2D eigenvalue weighted by atomic mass is 9.89. The molecule has 0 saturated carbocycles. The Balaban J connectivity index is 1.87. The summed E-state index contributed by atoms with van der Waals surface area (Å²) < 4.78 is 26.4. The molecule has 3 rings (SSSR count). The first-order chi connectivity index (χ1) is 10.9. The maximum Gasteiger partial charge on any atom is 0.232 e. The van der Waals surface area contributed by atoms with Gasteiger partial charge in [0.2, 0.25) is 11.8 Å². The van der Waals surface area contributed by atoms with Crippen molar-refractivity contribution in [3.8, 4) is 0 Å². The number of hydrogen-bond donors (Lipinski definition) is 2. The highest BCUT2D eigenvalue weighted by Gasteiger charge is 2.31. The van der Waals surface area contributed by atoms with Gasteiger partial charge in [0.25, 0.3) is 0 Å². The van der Waals surface area contributed by atoms with Gasteiger partial charge in [-0.3, -0.25) is 9.59 Å². The monoisotopic (exact) mass is 336 g/mol. The predicted octanol–water partition coefficient (Wildman–Crippen LogP) is 3.68. The van der Waals surface area contributed by atoms with Gasteiger partial charge in [0.1, 0.15) is 11.6 Å². The summed E-state index contributed by atoms with van der Waals surface area (Å²) in [5, 5.41) is 5.01. The lowest BCUT2D eigenvalue weighted by Crippen LogP contribution is -2.30. The molecule has 1 aliphatic heterocycles. The van der Waals surface area contributed by atoms with E-state index in [1.165, 1.54) is 30.3 Å². The summed E-state index contributed by atoms with van der Waals surface area (Å²) in [6.07, 6.45) is -0.0562. The van der Waals surface area contributed by atoms with Crippen LogP contribution in [0.2, 0.25) is 5.02 Å². The van der Waals surface area contributed by atoms with Gasteiger partial charge in [0, 0.05) is 17.8 Å². The minimum absolute atomic E-state index is 0.0562. The van der Waals surface area contributed by atoms with Crippen LogP contribution in [0.3, 0.4) is 0 Å². The van der Waals surface area contributed by atoms with Crippen molar-refractivity contribution in [3.63, 3.8) is 0 Å². The number of carbonyl (C=O) groups excluding carboxylic acids is 2. The van der Waals surface area contributed by atoms with Gasteiger partial charge in [-0.1, -0.05) is 17.7 Å². The smallest absolute Gasteiger partial charge is 0.232 e. The average molecular weight is 337 g/mol. The van der Waals surface area contributed by atoms with Crippen LogP contribution in [-0.2, 0) is 9.59 Å². The van der Waals surface area contributed by atoms with E-state index in [-0.39, 0.29) is 23.0 Å². The van der Waals surface area contributed by atoms with Crippen LogP contribution in [-0.4, -0.2) is 11.8 Å². The molecule has 2 aromatic carbocycles. The second kappa shape index (κ2) is 5.96. The van der Waals surface area contributed by atoms with E-state index in [9.17, 15) is 18.4 Å². The summed E-state index contributed by atoms with van der Waals surface area (Å²) >= 11 is 5.67. The Morgan fingerprint density at radius 2 is 2.00 bits per heavy atom.